The summed E-state index contributed by atoms with van der Waals surface area (Å²) in [6, 6.07) is 9.78. The highest BCUT2D eigenvalue weighted by Crippen LogP contribution is 2.54. The van der Waals surface area contributed by atoms with Crippen LogP contribution < -0.4 is 0 Å². The molecule has 3 aromatic rings. The maximum atomic E-state index is 14.4. The molecule has 0 aromatic heterocycles. The number of hydrogen-bond donors (Lipinski definition) is 1. The number of carbonyl (C=O) groups excluding carboxylic acids is 3. The Bertz CT molecular complexity index is 1890. The normalized spacial score (nSPS) is 23.9. The number of aryl methyl sites for hydroxylation is 1. The third-order valence-electron chi connectivity index (χ3n) is 10.7. The molecule has 2 heterocycles. The summed E-state index contributed by atoms with van der Waals surface area (Å²) >= 11 is 0. The number of urea groups is 1. The molecule has 9 nitrogen and oxygen atoms in total. The zero-order chi connectivity index (χ0) is 39.3. The molecule has 2 fully saturated rings. The summed E-state index contributed by atoms with van der Waals surface area (Å²) < 4.78 is 100. The van der Waals surface area contributed by atoms with Gasteiger partial charge in [-0.2, -0.15) is 35.6 Å². The van der Waals surface area contributed by atoms with Crippen molar-refractivity contribution in [1.29, 1.82) is 0 Å². The molecule has 3 aromatic carbocycles. The molecule has 5 rings (SSSR count). The first-order chi connectivity index (χ1) is 24.7. The smallest absolute Gasteiger partial charge is 0.468 e. The molecule has 2 unspecified atom stereocenters. The number of methoxy groups -OCH3 is 1. The molecular weight excluding hydrogens is 715 g/mol. The number of benzene rings is 3. The first-order valence-electron chi connectivity index (χ1n) is 16.5. The van der Waals surface area contributed by atoms with Crippen LogP contribution >= 0.6 is 0 Å². The Kier molecular flexibility index (Phi) is 10.4. The van der Waals surface area contributed by atoms with Gasteiger partial charge in [-0.15, -0.1) is 0 Å². The summed E-state index contributed by atoms with van der Waals surface area (Å²) in [6.45, 7) is 2.20. The number of halogens is 7. The predicted octanol–water partition coefficient (Wildman–Crippen LogP) is 8.27. The van der Waals surface area contributed by atoms with Crippen LogP contribution in [-0.2, 0) is 33.2 Å². The molecule has 1 N–H and O–H groups in total. The zero-order valence-electron chi connectivity index (χ0n) is 29.1. The van der Waals surface area contributed by atoms with Crippen LogP contribution in [0.1, 0.15) is 71.7 Å². The number of esters is 1. The molecule has 2 aliphatic heterocycles. The first kappa shape index (κ1) is 39.2. The van der Waals surface area contributed by atoms with Gasteiger partial charge in [-0.05, 0) is 60.9 Å². The minimum atomic E-state index is -5.12. The lowest BCUT2D eigenvalue weighted by atomic mass is 9.75. The van der Waals surface area contributed by atoms with Crippen molar-refractivity contribution in [3.63, 3.8) is 0 Å². The Morgan fingerprint density at radius 2 is 1.58 bits per heavy atom. The van der Waals surface area contributed by atoms with E-state index in [0.717, 1.165) is 18.1 Å². The molecule has 16 heteroatoms. The number of imide groups is 1. The topological polar surface area (TPSA) is 104 Å². The van der Waals surface area contributed by atoms with E-state index < -0.39 is 86.9 Å². The first-order valence-corrected chi connectivity index (χ1v) is 16.5. The number of rotatable bonds is 6. The van der Waals surface area contributed by atoms with E-state index in [-0.39, 0.29) is 38.4 Å². The number of ether oxygens (including phenoxy) is 1. The molecule has 4 amide bonds. The molecule has 53 heavy (non-hydrogen) atoms. The Morgan fingerprint density at radius 3 is 2.11 bits per heavy atom. The molecule has 2 saturated heterocycles. The lowest BCUT2D eigenvalue weighted by Crippen LogP contribution is -2.68. The van der Waals surface area contributed by atoms with E-state index in [9.17, 15) is 55.0 Å². The SMILES string of the molecule is COC(=O)C1C[C@@]2(CCN(C(=O)N(C)[C@H](C)c3cc(C(F)(F)F)cc(C(F)(F)F)c3)[C@@H](c3ccc(F)cc3C)C2)[N+](Cc2ccccc2)(C(=O)O)C1=O. The van der Waals surface area contributed by atoms with Gasteiger partial charge in [0.2, 0.25) is 0 Å². The Morgan fingerprint density at radius 1 is 0.981 bits per heavy atom. The minimum absolute atomic E-state index is 0.0116. The van der Waals surface area contributed by atoms with E-state index in [2.05, 4.69) is 0 Å². The second kappa shape index (κ2) is 14.1. The van der Waals surface area contributed by atoms with E-state index in [1.54, 1.807) is 37.3 Å². The van der Waals surface area contributed by atoms with Gasteiger partial charge in [-0.25, -0.2) is 14.0 Å². The van der Waals surface area contributed by atoms with Gasteiger partial charge >= 0.3 is 36.4 Å². The van der Waals surface area contributed by atoms with Crippen molar-refractivity contribution < 1.29 is 64.2 Å². The molecule has 284 valence electrons. The highest BCUT2D eigenvalue weighted by Gasteiger charge is 2.72. The summed E-state index contributed by atoms with van der Waals surface area (Å²) in [6.07, 6.45) is -12.5. The number of likely N-dealkylation sites (tertiary alicyclic amines) is 2. The van der Waals surface area contributed by atoms with Crippen LogP contribution in [0.2, 0.25) is 0 Å². The fraction of sp³-hybridized carbons (Fsp3) is 0.405. The number of quaternary nitrogens is 1. The van der Waals surface area contributed by atoms with Gasteiger partial charge in [0, 0.05) is 38.4 Å². The summed E-state index contributed by atoms with van der Waals surface area (Å²) in [4.78, 5) is 57.4. The number of hydrogen-bond acceptors (Lipinski definition) is 5. The standard InChI is InChI=1S/C37H36F7N3O6/c1-21-14-27(38)10-11-28(21)30-19-35(18-29(32(49)53-4)31(48)47(35,34(51)52)20-23-8-6-5-7-9-23)12-13-46(30)33(50)45(3)22(2)24-15-25(36(39,40)41)17-26(16-24)37(42,43)44/h5-11,14-17,22,29-30H,12-13,18-20H2,1-4H3/p+1/t22-,29?,30-,35-,47?/m1/s1. The van der Waals surface area contributed by atoms with Gasteiger partial charge < -0.3 is 19.6 Å². The summed E-state index contributed by atoms with van der Waals surface area (Å²) in [5, 5.41) is 11.0. The van der Waals surface area contributed by atoms with Crippen LogP contribution in [0.3, 0.4) is 0 Å². The van der Waals surface area contributed by atoms with Gasteiger partial charge in [-0.3, -0.25) is 4.79 Å². The Balaban J connectivity index is 1.62. The third kappa shape index (κ3) is 7.08. The fourth-order valence-corrected chi connectivity index (χ4v) is 7.84. The molecule has 0 saturated carbocycles. The minimum Gasteiger partial charge on any atom is -0.468 e. The van der Waals surface area contributed by atoms with E-state index in [4.69, 9.17) is 4.74 Å². The number of piperidine rings is 1. The average Bonchev–Trinajstić information content (AvgIpc) is 3.33. The number of alkyl halides is 6. The quantitative estimate of drug-likeness (QED) is 0.118. The number of amides is 4. The van der Waals surface area contributed by atoms with Crippen molar-refractivity contribution in [1.82, 2.24) is 9.80 Å². The summed E-state index contributed by atoms with van der Waals surface area (Å²) in [7, 11) is 2.27. The predicted molar refractivity (Wildman–Crippen MR) is 174 cm³/mol. The van der Waals surface area contributed by atoms with Crippen molar-refractivity contribution in [3.8, 4) is 0 Å². The van der Waals surface area contributed by atoms with E-state index >= 15 is 0 Å². The molecular formula is C37H37F7N3O6+. The van der Waals surface area contributed by atoms with E-state index in [1.165, 1.54) is 31.0 Å². The monoisotopic (exact) mass is 752 g/mol. The summed E-state index contributed by atoms with van der Waals surface area (Å²) in [5.41, 5.74) is -3.92. The van der Waals surface area contributed by atoms with Crippen molar-refractivity contribution >= 4 is 24.0 Å². The number of nitrogens with zero attached hydrogens (tertiary/aromatic N) is 3. The van der Waals surface area contributed by atoms with Crippen LogP contribution in [0.15, 0.2) is 66.7 Å². The zero-order valence-corrected chi connectivity index (χ0v) is 29.1. The summed E-state index contributed by atoms with van der Waals surface area (Å²) in [5.74, 6) is -3.96. The maximum absolute atomic E-state index is 14.4. The van der Waals surface area contributed by atoms with Gasteiger partial charge in [0.25, 0.3) is 0 Å². The largest absolute Gasteiger partial charge is 0.521 e. The van der Waals surface area contributed by atoms with Crippen LogP contribution in [-0.4, -0.2) is 69.6 Å². The van der Waals surface area contributed by atoms with Crippen LogP contribution in [0.4, 0.5) is 40.3 Å². The fourth-order valence-electron chi connectivity index (χ4n) is 7.84. The van der Waals surface area contributed by atoms with Gasteiger partial charge in [-0.1, -0.05) is 36.4 Å². The maximum Gasteiger partial charge on any atom is 0.521 e. The Labute approximate surface area is 300 Å². The van der Waals surface area contributed by atoms with Gasteiger partial charge in [0.1, 0.15) is 17.9 Å². The van der Waals surface area contributed by atoms with Gasteiger partial charge in [0.15, 0.2) is 5.92 Å². The second-order valence-electron chi connectivity index (χ2n) is 13.7. The lowest BCUT2D eigenvalue weighted by molar-refractivity contribution is -0.845. The average molecular weight is 753 g/mol. The van der Waals surface area contributed by atoms with Crippen LogP contribution in [0, 0.1) is 18.7 Å². The van der Waals surface area contributed by atoms with Crippen LogP contribution in [0.5, 0.6) is 0 Å². The molecule has 0 aliphatic carbocycles. The van der Waals surface area contributed by atoms with Gasteiger partial charge in [0.05, 0.1) is 30.3 Å². The van der Waals surface area contributed by atoms with Crippen molar-refractivity contribution in [2.24, 2.45) is 5.92 Å². The van der Waals surface area contributed by atoms with E-state index in [1.807, 2.05) is 0 Å². The van der Waals surface area contributed by atoms with Crippen molar-refractivity contribution in [2.45, 2.75) is 69.6 Å². The van der Waals surface area contributed by atoms with Crippen LogP contribution in [0.25, 0.3) is 0 Å². The molecule has 2 aliphatic rings. The lowest BCUT2D eigenvalue weighted by Gasteiger charge is -2.51. The number of carbonyl (C=O) groups is 4. The number of carboxylic acid groups (broad SMARTS) is 1. The Hall–Kier alpha value is -4.99. The van der Waals surface area contributed by atoms with E-state index in [0.29, 0.717) is 28.8 Å². The third-order valence-corrected chi connectivity index (χ3v) is 10.7. The molecule has 0 radical (unpaired) electrons. The molecule has 0 bridgehead atoms. The highest BCUT2D eigenvalue weighted by atomic mass is 19.4. The highest BCUT2D eigenvalue weighted by molar-refractivity contribution is 5.99. The molecule has 1 spiro atoms. The second-order valence-corrected chi connectivity index (χ2v) is 13.7. The van der Waals surface area contributed by atoms with Crippen molar-refractivity contribution in [3.05, 3.63) is 106 Å². The molecule has 5 atom stereocenters. The van der Waals surface area contributed by atoms with Crippen molar-refractivity contribution in [2.75, 3.05) is 20.7 Å².